The molecular weight excluding hydrogens is 313 g/mol. The van der Waals surface area contributed by atoms with Gasteiger partial charge in [-0.05, 0) is 13.3 Å². The largest absolute Gasteiger partial charge is 0.469 e. The van der Waals surface area contributed by atoms with Gasteiger partial charge in [-0.25, -0.2) is 19.5 Å². The number of rotatable bonds is 7. The third-order valence-electron chi connectivity index (χ3n) is 3.23. The number of hydrogen-bond acceptors (Lipinski definition) is 7. The summed E-state index contributed by atoms with van der Waals surface area (Å²) < 4.78 is 22.2. The zero-order chi connectivity index (χ0) is 16.3. The Bertz CT molecular complexity index is 687. The SMILES string of the molecule is COC(COP(=O)(O)O)CC(C)n1cnc2c(N)ncnc21. The quantitative estimate of drug-likeness (QED) is 0.616. The number of nitrogens with zero attached hydrogens (tertiary/aromatic N) is 4. The Balaban J connectivity index is 2.11. The van der Waals surface area contributed by atoms with E-state index in [-0.39, 0.29) is 12.6 Å². The lowest BCUT2D eigenvalue weighted by molar-refractivity contribution is 0.0324. The Morgan fingerprint density at radius 2 is 2.14 bits per heavy atom. The lowest BCUT2D eigenvalue weighted by Gasteiger charge is -2.21. The second-order valence-corrected chi connectivity index (χ2v) is 6.05. The van der Waals surface area contributed by atoms with E-state index in [1.54, 1.807) is 10.9 Å². The Hall–Kier alpha value is -1.58. The number of methoxy groups -OCH3 is 1. The van der Waals surface area contributed by atoms with Crippen LogP contribution in [-0.4, -0.2) is 49.1 Å². The van der Waals surface area contributed by atoms with Crippen molar-refractivity contribution >= 4 is 24.8 Å². The van der Waals surface area contributed by atoms with Crippen LogP contribution in [-0.2, 0) is 13.8 Å². The third kappa shape index (κ3) is 3.99. The van der Waals surface area contributed by atoms with Gasteiger partial charge in [-0.1, -0.05) is 0 Å². The molecule has 2 aromatic rings. The first-order chi connectivity index (χ1) is 10.3. The molecule has 11 heteroatoms. The van der Waals surface area contributed by atoms with Crippen molar-refractivity contribution < 1.29 is 23.6 Å². The fraction of sp³-hybridized carbons (Fsp3) is 0.545. The van der Waals surface area contributed by atoms with Crippen LogP contribution in [0.25, 0.3) is 11.2 Å². The van der Waals surface area contributed by atoms with E-state index in [4.69, 9.17) is 20.3 Å². The fourth-order valence-corrected chi connectivity index (χ4v) is 2.46. The van der Waals surface area contributed by atoms with Crippen LogP contribution in [0.1, 0.15) is 19.4 Å². The second kappa shape index (κ2) is 6.67. The molecule has 0 saturated heterocycles. The van der Waals surface area contributed by atoms with E-state index in [0.717, 1.165) is 0 Å². The molecule has 2 aromatic heterocycles. The Kier molecular flexibility index (Phi) is 5.09. The number of ether oxygens (including phenoxy) is 1. The highest BCUT2D eigenvalue weighted by atomic mass is 31.2. The van der Waals surface area contributed by atoms with Crippen LogP contribution in [0.2, 0.25) is 0 Å². The summed E-state index contributed by atoms with van der Waals surface area (Å²) in [7, 11) is -3.07. The Labute approximate surface area is 126 Å². The van der Waals surface area contributed by atoms with E-state index in [1.807, 2.05) is 6.92 Å². The summed E-state index contributed by atoms with van der Waals surface area (Å²) in [6, 6.07) is -0.0929. The molecule has 0 aliphatic heterocycles. The molecule has 0 fully saturated rings. The number of phosphoric ester groups is 1. The summed E-state index contributed by atoms with van der Waals surface area (Å²) in [5.41, 5.74) is 6.83. The van der Waals surface area contributed by atoms with Crippen LogP contribution in [0.3, 0.4) is 0 Å². The fourth-order valence-electron chi connectivity index (χ4n) is 2.10. The van der Waals surface area contributed by atoms with Crippen molar-refractivity contribution in [2.24, 2.45) is 0 Å². The number of anilines is 1. The summed E-state index contributed by atoms with van der Waals surface area (Å²) in [6.45, 7) is 1.69. The molecule has 2 heterocycles. The van der Waals surface area contributed by atoms with E-state index in [9.17, 15) is 4.57 Å². The highest BCUT2D eigenvalue weighted by molar-refractivity contribution is 7.46. The molecule has 0 aliphatic carbocycles. The number of nitrogen functional groups attached to an aromatic ring is 1. The number of nitrogens with two attached hydrogens (primary N) is 1. The minimum absolute atomic E-state index is 0.0929. The van der Waals surface area contributed by atoms with Crippen molar-refractivity contribution in [2.45, 2.75) is 25.5 Å². The minimum atomic E-state index is -4.52. The van der Waals surface area contributed by atoms with Gasteiger partial charge in [0, 0.05) is 13.2 Å². The lowest BCUT2D eigenvalue weighted by Crippen LogP contribution is -2.22. The zero-order valence-corrected chi connectivity index (χ0v) is 13.1. The molecule has 2 unspecified atom stereocenters. The van der Waals surface area contributed by atoms with Gasteiger partial charge in [-0.2, -0.15) is 0 Å². The molecule has 0 spiro atoms. The van der Waals surface area contributed by atoms with Crippen LogP contribution in [0.5, 0.6) is 0 Å². The van der Waals surface area contributed by atoms with Gasteiger partial charge in [0.2, 0.25) is 0 Å². The summed E-state index contributed by atoms with van der Waals surface area (Å²) >= 11 is 0. The Morgan fingerprint density at radius 1 is 1.41 bits per heavy atom. The van der Waals surface area contributed by atoms with E-state index in [0.29, 0.717) is 23.4 Å². The maximum Gasteiger partial charge on any atom is 0.469 e. The van der Waals surface area contributed by atoms with Crippen LogP contribution >= 0.6 is 7.82 Å². The van der Waals surface area contributed by atoms with E-state index >= 15 is 0 Å². The molecular formula is C11H18N5O5P. The van der Waals surface area contributed by atoms with Crippen LogP contribution in [0, 0.1) is 0 Å². The van der Waals surface area contributed by atoms with Gasteiger partial charge in [-0.15, -0.1) is 0 Å². The van der Waals surface area contributed by atoms with Crippen molar-refractivity contribution in [1.29, 1.82) is 0 Å². The zero-order valence-electron chi connectivity index (χ0n) is 12.2. The van der Waals surface area contributed by atoms with E-state index in [2.05, 4.69) is 19.5 Å². The van der Waals surface area contributed by atoms with Crippen LogP contribution < -0.4 is 5.73 Å². The summed E-state index contributed by atoms with van der Waals surface area (Å²) in [6.07, 6.45) is 2.91. The average Bonchev–Trinajstić information content (AvgIpc) is 2.87. The smallest absolute Gasteiger partial charge is 0.382 e. The van der Waals surface area contributed by atoms with Crippen molar-refractivity contribution in [1.82, 2.24) is 19.5 Å². The van der Waals surface area contributed by atoms with Crippen molar-refractivity contribution in [2.75, 3.05) is 19.5 Å². The molecule has 0 aromatic carbocycles. The second-order valence-electron chi connectivity index (χ2n) is 4.81. The molecule has 0 bridgehead atoms. The lowest BCUT2D eigenvalue weighted by atomic mass is 10.1. The predicted molar refractivity (Wildman–Crippen MR) is 77.9 cm³/mol. The molecule has 10 nitrogen and oxygen atoms in total. The highest BCUT2D eigenvalue weighted by Gasteiger charge is 2.21. The van der Waals surface area contributed by atoms with E-state index < -0.39 is 13.9 Å². The predicted octanol–water partition coefficient (Wildman–Crippen LogP) is 0.484. The van der Waals surface area contributed by atoms with Crippen LogP contribution in [0.4, 0.5) is 5.82 Å². The third-order valence-corrected chi connectivity index (χ3v) is 3.71. The summed E-state index contributed by atoms with van der Waals surface area (Å²) in [5, 5.41) is 0. The van der Waals surface area contributed by atoms with Gasteiger partial charge >= 0.3 is 7.82 Å². The average molecular weight is 331 g/mol. The minimum Gasteiger partial charge on any atom is -0.382 e. The van der Waals surface area contributed by atoms with Gasteiger partial charge in [0.15, 0.2) is 11.5 Å². The number of fused-ring (bicyclic) bond motifs is 1. The molecule has 4 N–H and O–H groups in total. The van der Waals surface area contributed by atoms with Crippen molar-refractivity contribution in [3.8, 4) is 0 Å². The summed E-state index contributed by atoms with van der Waals surface area (Å²) in [4.78, 5) is 29.7. The van der Waals surface area contributed by atoms with Gasteiger partial charge in [-0.3, -0.25) is 4.52 Å². The van der Waals surface area contributed by atoms with Gasteiger partial charge < -0.3 is 24.8 Å². The molecule has 2 atom stereocenters. The number of aromatic nitrogens is 4. The normalized spacial score (nSPS) is 15.1. The molecule has 0 aliphatic rings. The van der Waals surface area contributed by atoms with Crippen LogP contribution in [0.15, 0.2) is 12.7 Å². The topological polar surface area (TPSA) is 146 Å². The molecule has 0 radical (unpaired) electrons. The molecule has 0 amide bonds. The van der Waals surface area contributed by atoms with Crippen molar-refractivity contribution in [3.05, 3.63) is 12.7 Å². The number of hydrogen-bond donors (Lipinski definition) is 3. The summed E-state index contributed by atoms with van der Waals surface area (Å²) in [5.74, 6) is 0.295. The molecule has 122 valence electrons. The first-order valence-electron chi connectivity index (χ1n) is 6.47. The maximum atomic E-state index is 10.7. The number of imidazole rings is 1. The van der Waals surface area contributed by atoms with Gasteiger partial charge in [0.25, 0.3) is 0 Å². The standard InChI is InChI=1S/C11H18N5O5P/c1-7(3-8(20-2)4-21-22(17,18)19)16-6-15-9-10(12)13-5-14-11(9)16/h5-8H,3-4H2,1-2H3,(H2,12,13,14)(H2,17,18,19). The monoisotopic (exact) mass is 331 g/mol. The molecule has 2 rings (SSSR count). The van der Waals surface area contributed by atoms with Crippen molar-refractivity contribution in [3.63, 3.8) is 0 Å². The van der Waals surface area contributed by atoms with E-state index in [1.165, 1.54) is 13.4 Å². The molecule has 0 saturated carbocycles. The highest BCUT2D eigenvalue weighted by Crippen LogP contribution is 2.36. The van der Waals surface area contributed by atoms with Gasteiger partial charge in [0.05, 0.1) is 19.0 Å². The number of phosphoric acid groups is 1. The maximum absolute atomic E-state index is 10.7. The first-order valence-corrected chi connectivity index (χ1v) is 8.00. The Morgan fingerprint density at radius 3 is 2.77 bits per heavy atom. The first kappa shape index (κ1) is 16.8. The van der Waals surface area contributed by atoms with Gasteiger partial charge in [0.1, 0.15) is 11.8 Å². The molecule has 22 heavy (non-hydrogen) atoms.